The molecule has 0 atom stereocenters. The Balaban J connectivity index is 1.27. The maximum Gasteiger partial charge on any atom is 0.0783 e. The average molecular weight is 784 g/mol. The molecule has 0 spiro atoms. The minimum atomic E-state index is -0.0856. The third kappa shape index (κ3) is 4.69. The molecular formula is C58H45N3. The van der Waals surface area contributed by atoms with Gasteiger partial charge in [0.1, 0.15) is 0 Å². The lowest BCUT2D eigenvalue weighted by molar-refractivity contribution is 0.591. The van der Waals surface area contributed by atoms with Crippen LogP contribution >= 0.6 is 0 Å². The van der Waals surface area contributed by atoms with Crippen LogP contribution in [0.4, 0.5) is 17.1 Å². The highest BCUT2D eigenvalue weighted by molar-refractivity contribution is 6.35. The predicted molar refractivity (Wildman–Crippen MR) is 263 cm³/mol. The van der Waals surface area contributed by atoms with Gasteiger partial charge in [0, 0.05) is 54.5 Å². The van der Waals surface area contributed by atoms with Crippen molar-refractivity contribution in [2.24, 2.45) is 0 Å². The van der Waals surface area contributed by atoms with E-state index in [0.717, 1.165) is 11.4 Å². The van der Waals surface area contributed by atoms with Crippen molar-refractivity contribution in [2.45, 2.75) is 52.4 Å². The van der Waals surface area contributed by atoms with E-state index in [1.165, 1.54) is 115 Å². The fourth-order valence-electron chi connectivity index (χ4n) is 10.7. The fourth-order valence-corrected chi connectivity index (χ4v) is 10.7. The molecule has 4 aromatic heterocycles. The summed E-state index contributed by atoms with van der Waals surface area (Å²) >= 11 is 0. The van der Waals surface area contributed by atoms with Crippen molar-refractivity contribution in [1.29, 1.82) is 0 Å². The summed E-state index contributed by atoms with van der Waals surface area (Å²) in [5.41, 5.74) is 13.6. The van der Waals surface area contributed by atoms with E-state index in [2.05, 4.69) is 219 Å². The number of benzene rings is 9. The van der Waals surface area contributed by atoms with Crippen LogP contribution in [0.2, 0.25) is 0 Å². The summed E-state index contributed by atoms with van der Waals surface area (Å²) in [4.78, 5) is 2.48. The fraction of sp³-hybridized carbons (Fsp3) is 0.138. The number of para-hydroxylation sites is 2. The number of hydrogen-bond donors (Lipinski definition) is 0. The van der Waals surface area contributed by atoms with E-state index >= 15 is 0 Å². The molecule has 0 bridgehead atoms. The standard InChI is InChI=1S/C58H45N3/c1-57(2,3)37-28-46-42-25-34-17-13-14-18-35(34)27-49(42)60-50-32-43-45-26-36-19-15-16-24-41(36)53-48-30-38(58(4,5)6)31-52(59(39-20-9-7-10-21-39)40-22-11-8-12-23-40)55(48)61(56(45)53)51(43)33-44(50)47(29-37)54(46)60/h7-33H,1-6H3. The Hall–Kier alpha value is -7.10. The number of rotatable bonds is 3. The maximum absolute atomic E-state index is 2.63. The minimum absolute atomic E-state index is 0.0213. The van der Waals surface area contributed by atoms with Crippen molar-refractivity contribution in [3.8, 4) is 0 Å². The summed E-state index contributed by atoms with van der Waals surface area (Å²) in [6.45, 7) is 14.1. The number of nitrogens with zero attached hydrogens (tertiary/aromatic N) is 3. The minimum Gasteiger partial charge on any atom is -0.308 e. The molecule has 3 heteroatoms. The van der Waals surface area contributed by atoms with Gasteiger partial charge in [-0.3, -0.25) is 0 Å². The number of hydrogen-bond acceptors (Lipinski definition) is 1. The Morgan fingerprint density at radius 3 is 1.43 bits per heavy atom. The molecule has 0 N–H and O–H groups in total. The second-order valence-electron chi connectivity index (χ2n) is 19.5. The van der Waals surface area contributed by atoms with Crippen molar-refractivity contribution < 1.29 is 0 Å². The van der Waals surface area contributed by atoms with Gasteiger partial charge in [-0.1, -0.05) is 126 Å². The number of anilines is 3. The molecule has 0 radical (unpaired) electrons. The first kappa shape index (κ1) is 34.7. The molecule has 0 amide bonds. The summed E-state index contributed by atoms with van der Waals surface area (Å²) < 4.78 is 5.21. The van der Waals surface area contributed by atoms with Gasteiger partial charge in [0.05, 0.1) is 38.8 Å². The topological polar surface area (TPSA) is 12.1 Å². The van der Waals surface area contributed by atoms with Gasteiger partial charge < -0.3 is 13.7 Å². The molecule has 3 nitrogen and oxygen atoms in total. The molecule has 0 aliphatic carbocycles. The molecule has 9 aromatic carbocycles. The van der Waals surface area contributed by atoms with E-state index in [-0.39, 0.29) is 10.8 Å². The summed E-state index contributed by atoms with van der Waals surface area (Å²) in [5, 5.41) is 15.6. The highest BCUT2D eigenvalue weighted by Crippen LogP contribution is 2.51. The van der Waals surface area contributed by atoms with Crippen molar-refractivity contribution >= 4 is 115 Å². The van der Waals surface area contributed by atoms with E-state index in [9.17, 15) is 0 Å². The molecule has 61 heavy (non-hydrogen) atoms. The predicted octanol–water partition coefficient (Wildman–Crippen LogP) is 16.4. The molecule has 0 fully saturated rings. The molecule has 0 aliphatic rings. The maximum atomic E-state index is 2.63. The number of aromatic nitrogens is 2. The van der Waals surface area contributed by atoms with Gasteiger partial charge in [0.25, 0.3) is 0 Å². The monoisotopic (exact) mass is 783 g/mol. The van der Waals surface area contributed by atoms with Crippen LogP contribution in [-0.2, 0) is 10.8 Å². The average Bonchev–Trinajstić information content (AvgIpc) is 3.97. The second-order valence-corrected chi connectivity index (χ2v) is 19.5. The lowest BCUT2D eigenvalue weighted by Crippen LogP contribution is -2.15. The van der Waals surface area contributed by atoms with Gasteiger partial charge in [-0.2, -0.15) is 0 Å². The molecule has 0 unspecified atom stereocenters. The van der Waals surface area contributed by atoms with Crippen molar-refractivity contribution in [3.63, 3.8) is 0 Å². The lowest BCUT2D eigenvalue weighted by Gasteiger charge is -2.29. The van der Waals surface area contributed by atoms with Crippen LogP contribution in [0.1, 0.15) is 52.7 Å². The Morgan fingerprint density at radius 1 is 0.344 bits per heavy atom. The summed E-state index contributed by atoms with van der Waals surface area (Å²) in [5.74, 6) is 0. The molecule has 0 saturated heterocycles. The van der Waals surface area contributed by atoms with Gasteiger partial charge in [-0.25, -0.2) is 0 Å². The van der Waals surface area contributed by atoms with Gasteiger partial charge in [-0.05, 0) is 122 Å². The van der Waals surface area contributed by atoms with Crippen LogP contribution in [-0.4, -0.2) is 8.80 Å². The quantitative estimate of drug-likeness (QED) is 0.174. The molecule has 0 saturated carbocycles. The number of fused-ring (bicyclic) bond motifs is 15. The molecular weight excluding hydrogens is 739 g/mol. The normalized spacial score (nSPS) is 13.1. The van der Waals surface area contributed by atoms with Crippen LogP contribution < -0.4 is 4.90 Å². The highest BCUT2D eigenvalue weighted by Gasteiger charge is 2.29. The first-order valence-corrected chi connectivity index (χ1v) is 21.7. The molecule has 0 aliphatic heterocycles. The highest BCUT2D eigenvalue weighted by atomic mass is 15.2. The molecule has 292 valence electrons. The van der Waals surface area contributed by atoms with E-state index in [1.54, 1.807) is 0 Å². The SMILES string of the molecule is CC(C)(C)c1cc(N(c2ccccc2)c2ccccc2)c2c(c1)c1c3ccccc3cc3c4cc5c(cc4n2c31)c1cc(C(C)(C)C)cc2c3cc4ccccc4cc3n5c21. The lowest BCUT2D eigenvalue weighted by atomic mass is 9.85. The van der Waals surface area contributed by atoms with E-state index in [1.807, 2.05) is 0 Å². The van der Waals surface area contributed by atoms with Crippen LogP contribution in [0, 0.1) is 0 Å². The van der Waals surface area contributed by atoms with Crippen LogP contribution in [0.15, 0.2) is 164 Å². The third-order valence-electron chi connectivity index (χ3n) is 13.7. The van der Waals surface area contributed by atoms with Gasteiger partial charge in [0.2, 0.25) is 0 Å². The zero-order chi connectivity index (χ0) is 41.1. The first-order chi connectivity index (χ1) is 29.5. The van der Waals surface area contributed by atoms with Gasteiger partial charge in [0.15, 0.2) is 0 Å². The van der Waals surface area contributed by atoms with E-state index in [0.29, 0.717) is 0 Å². The first-order valence-electron chi connectivity index (χ1n) is 21.7. The van der Waals surface area contributed by atoms with E-state index < -0.39 is 0 Å². The summed E-state index contributed by atoms with van der Waals surface area (Å²) in [6.07, 6.45) is 0. The summed E-state index contributed by atoms with van der Waals surface area (Å²) in [6, 6.07) is 61.9. The van der Waals surface area contributed by atoms with Crippen LogP contribution in [0.5, 0.6) is 0 Å². The van der Waals surface area contributed by atoms with Crippen molar-refractivity contribution in [1.82, 2.24) is 8.80 Å². The van der Waals surface area contributed by atoms with Crippen LogP contribution in [0.3, 0.4) is 0 Å². The van der Waals surface area contributed by atoms with Crippen LogP contribution in [0.25, 0.3) is 97.7 Å². The van der Waals surface area contributed by atoms with E-state index in [4.69, 9.17) is 0 Å². The zero-order valence-electron chi connectivity index (χ0n) is 35.4. The zero-order valence-corrected chi connectivity index (χ0v) is 35.4. The Labute approximate surface area is 354 Å². The Morgan fingerprint density at radius 2 is 0.803 bits per heavy atom. The van der Waals surface area contributed by atoms with Crippen molar-refractivity contribution in [3.05, 3.63) is 175 Å². The van der Waals surface area contributed by atoms with Gasteiger partial charge >= 0.3 is 0 Å². The third-order valence-corrected chi connectivity index (χ3v) is 13.7. The Kier molecular flexibility index (Phi) is 6.72. The smallest absolute Gasteiger partial charge is 0.0783 e. The molecule has 13 aromatic rings. The molecule has 4 heterocycles. The largest absolute Gasteiger partial charge is 0.308 e. The summed E-state index contributed by atoms with van der Waals surface area (Å²) in [7, 11) is 0. The van der Waals surface area contributed by atoms with Crippen molar-refractivity contribution in [2.75, 3.05) is 4.90 Å². The van der Waals surface area contributed by atoms with Gasteiger partial charge in [-0.15, -0.1) is 0 Å². The molecule has 13 rings (SSSR count). The Bertz CT molecular complexity index is 3890. The second kappa shape index (κ2) is 11.8.